The van der Waals surface area contributed by atoms with Crippen LogP contribution in [0.15, 0.2) is 53.5 Å². The average Bonchev–Trinajstić information content (AvgIpc) is 2.84. The first-order valence-corrected chi connectivity index (χ1v) is 7.13. The van der Waals surface area contributed by atoms with Gasteiger partial charge in [-0.15, -0.1) is 11.6 Å². The first-order chi connectivity index (χ1) is 10.2. The highest BCUT2D eigenvalue weighted by atomic mass is 35.5. The van der Waals surface area contributed by atoms with Crippen molar-refractivity contribution in [2.24, 2.45) is 17.8 Å². The number of imidazole rings is 1. The molecule has 3 rings (SSSR count). The number of aromatic nitrogens is 2. The highest BCUT2D eigenvalue weighted by Crippen LogP contribution is 2.26. The molecule has 0 aliphatic carbocycles. The minimum absolute atomic E-state index is 0.218. The molecule has 3 aromatic rings. The van der Waals surface area contributed by atoms with E-state index in [1.54, 1.807) is 0 Å². The maximum absolute atomic E-state index is 5.67. The Balaban J connectivity index is 2.12. The molecule has 0 saturated carbocycles. The first-order valence-electron chi connectivity index (χ1n) is 6.60. The molecule has 5 heteroatoms. The Morgan fingerprint density at radius 3 is 2.71 bits per heavy atom. The van der Waals surface area contributed by atoms with Gasteiger partial charge in [0.25, 0.3) is 0 Å². The zero-order chi connectivity index (χ0) is 14.8. The van der Waals surface area contributed by atoms with Crippen LogP contribution >= 0.6 is 11.6 Å². The Kier molecular flexibility index (Phi) is 3.62. The SMILES string of the molecule is Cn1c(-c2ccccc2)nc2cc(N=C(N)CCl)ccc21. The molecule has 4 nitrogen and oxygen atoms in total. The number of aryl methyl sites for hydroxylation is 1. The van der Waals surface area contributed by atoms with Gasteiger partial charge in [0.2, 0.25) is 0 Å². The van der Waals surface area contributed by atoms with Crippen molar-refractivity contribution in [3.63, 3.8) is 0 Å². The number of hydrogen-bond acceptors (Lipinski definition) is 2. The molecule has 2 N–H and O–H groups in total. The number of amidine groups is 1. The zero-order valence-electron chi connectivity index (χ0n) is 11.6. The van der Waals surface area contributed by atoms with Crippen molar-refractivity contribution >= 4 is 34.2 Å². The summed E-state index contributed by atoms with van der Waals surface area (Å²) in [7, 11) is 2.01. The van der Waals surface area contributed by atoms with E-state index in [1.165, 1.54) is 0 Å². The lowest BCUT2D eigenvalue weighted by molar-refractivity contribution is 0.959. The zero-order valence-corrected chi connectivity index (χ0v) is 12.4. The number of fused-ring (bicyclic) bond motifs is 1. The van der Waals surface area contributed by atoms with Gasteiger partial charge < -0.3 is 10.3 Å². The number of nitrogens with zero attached hydrogens (tertiary/aromatic N) is 3. The van der Waals surface area contributed by atoms with E-state index >= 15 is 0 Å². The van der Waals surface area contributed by atoms with Gasteiger partial charge in [-0.1, -0.05) is 30.3 Å². The van der Waals surface area contributed by atoms with E-state index in [0.717, 1.165) is 28.1 Å². The van der Waals surface area contributed by atoms with E-state index in [-0.39, 0.29) is 5.88 Å². The fraction of sp³-hybridized carbons (Fsp3) is 0.125. The average molecular weight is 299 g/mol. The molecule has 0 aliphatic rings. The summed E-state index contributed by atoms with van der Waals surface area (Å²) in [5.74, 6) is 1.54. The predicted molar refractivity (Wildman–Crippen MR) is 88.2 cm³/mol. The van der Waals surface area contributed by atoms with Gasteiger partial charge in [0.1, 0.15) is 11.7 Å². The molecular formula is C16H15ClN4. The first kappa shape index (κ1) is 13.6. The minimum atomic E-state index is 0.218. The maximum Gasteiger partial charge on any atom is 0.140 e. The summed E-state index contributed by atoms with van der Waals surface area (Å²) in [4.78, 5) is 8.95. The van der Waals surface area contributed by atoms with E-state index in [1.807, 2.05) is 55.6 Å². The fourth-order valence-corrected chi connectivity index (χ4v) is 2.36. The van der Waals surface area contributed by atoms with E-state index in [9.17, 15) is 0 Å². The molecule has 0 amide bonds. The van der Waals surface area contributed by atoms with Crippen molar-refractivity contribution in [2.45, 2.75) is 0 Å². The van der Waals surface area contributed by atoms with Gasteiger partial charge in [0, 0.05) is 12.6 Å². The number of nitrogens with two attached hydrogens (primary N) is 1. The summed E-state index contributed by atoms with van der Waals surface area (Å²) in [5, 5.41) is 0. The Labute approximate surface area is 127 Å². The van der Waals surface area contributed by atoms with Crippen LogP contribution in [0.4, 0.5) is 5.69 Å². The lowest BCUT2D eigenvalue weighted by Gasteiger charge is -2.01. The maximum atomic E-state index is 5.67. The van der Waals surface area contributed by atoms with Crippen molar-refractivity contribution in [1.82, 2.24) is 9.55 Å². The molecule has 0 atom stereocenters. The van der Waals surface area contributed by atoms with Crippen LogP contribution in [0.5, 0.6) is 0 Å². The van der Waals surface area contributed by atoms with Crippen molar-refractivity contribution in [3.05, 3.63) is 48.5 Å². The lowest BCUT2D eigenvalue weighted by atomic mass is 10.2. The molecule has 0 bridgehead atoms. The second-order valence-electron chi connectivity index (χ2n) is 4.77. The summed E-state index contributed by atoms with van der Waals surface area (Å²) >= 11 is 5.65. The molecule has 0 aliphatic heterocycles. The van der Waals surface area contributed by atoms with Crippen LogP contribution in [0.3, 0.4) is 0 Å². The van der Waals surface area contributed by atoms with Gasteiger partial charge in [0.05, 0.1) is 22.6 Å². The van der Waals surface area contributed by atoms with Crippen molar-refractivity contribution in [2.75, 3.05) is 5.88 Å². The highest BCUT2D eigenvalue weighted by Gasteiger charge is 2.09. The molecule has 1 heterocycles. The molecule has 1 aromatic heterocycles. The number of benzene rings is 2. The van der Waals surface area contributed by atoms with E-state index in [2.05, 4.69) is 9.56 Å². The molecule has 0 fully saturated rings. The van der Waals surface area contributed by atoms with E-state index in [0.29, 0.717) is 5.84 Å². The molecule has 106 valence electrons. The van der Waals surface area contributed by atoms with Crippen LogP contribution in [-0.2, 0) is 7.05 Å². The summed E-state index contributed by atoms with van der Waals surface area (Å²) in [6, 6.07) is 15.9. The molecule has 0 spiro atoms. The van der Waals surface area contributed by atoms with Gasteiger partial charge in [-0.25, -0.2) is 9.98 Å². The van der Waals surface area contributed by atoms with Gasteiger partial charge in [0.15, 0.2) is 0 Å². The van der Waals surface area contributed by atoms with Crippen LogP contribution in [0.25, 0.3) is 22.4 Å². The molecule has 0 unspecified atom stereocenters. The van der Waals surface area contributed by atoms with Crippen LogP contribution in [-0.4, -0.2) is 21.3 Å². The third kappa shape index (κ3) is 2.62. The van der Waals surface area contributed by atoms with Crippen LogP contribution in [0.1, 0.15) is 0 Å². The topological polar surface area (TPSA) is 56.2 Å². The van der Waals surface area contributed by atoms with Crippen molar-refractivity contribution in [3.8, 4) is 11.4 Å². The van der Waals surface area contributed by atoms with E-state index in [4.69, 9.17) is 22.3 Å². The number of alkyl halides is 1. The third-order valence-corrected chi connectivity index (χ3v) is 3.58. The van der Waals surface area contributed by atoms with Crippen LogP contribution < -0.4 is 5.73 Å². The van der Waals surface area contributed by atoms with E-state index < -0.39 is 0 Å². The third-order valence-electron chi connectivity index (χ3n) is 3.31. The quantitative estimate of drug-likeness (QED) is 0.457. The number of aliphatic imine (C=N–C) groups is 1. The fourth-order valence-electron chi connectivity index (χ4n) is 2.30. The van der Waals surface area contributed by atoms with Crippen LogP contribution in [0, 0.1) is 0 Å². The number of rotatable bonds is 3. The second-order valence-corrected chi connectivity index (χ2v) is 5.04. The minimum Gasteiger partial charge on any atom is -0.386 e. The summed E-state index contributed by atoms with van der Waals surface area (Å²) in [5.41, 5.74) is 9.46. The lowest BCUT2D eigenvalue weighted by Crippen LogP contribution is -2.12. The van der Waals surface area contributed by atoms with Crippen molar-refractivity contribution in [1.29, 1.82) is 0 Å². The standard InChI is InChI=1S/C16H15ClN4/c1-21-14-8-7-12(19-15(18)10-17)9-13(14)20-16(21)11-5-3-2-4-6-11/h2-9H,10H2,1H3,(H2,18,19). The second kappa shape index (κ2) is 5.58. The van der Waals surface area contributed by atoms with Gasteiger partial charge in [-0.05, 0) is 18.2 Å². The monoisotopic (exact) mass is 298 g/mol. The summed E-state index contributed by atoms with van der Waals surface area (Å²) < 4.78 is 2.07. The molecule has 21 heavy (non-hydrogen) atoms. The Hall–Kier alpha value is -2.33. The normalized spacial score (nSPS) is 12.0. The van der Waals surface area contributed by atoms with Gasteiger partial charge in [-0.3, -0.25) is 0 Å². The summed E-state index contributed by atoms with van der Waals surface area (Å²) in [6.07, 6.45) is 0. The smallest absolute Gasteiger partial charge is 0.140 e. The molecular weight excluding hydrogens is 284 g/mol. The Bertz CT molecular complexity index is 806. The number of hydrogen-bond donors (Lipinski definition) is 1. The van der Waals surface area contributed by atoms with Crippen LogP contribution in [0.2, 0.25) is 0 Å². The van der Waals surface area contributed by atoms with Crippen molar-refractivity contribution < 1.29 is 0 Å². The Morgan fingerprint density at radius 1 is 1.24 bits per heavy atom. The summed E-state index contributed by atoms with van der Waals surface area (Å²) in [6.45, 7) is 0. The van der Waals surface area contributed by atoms with Gasteiger partial charge >= 0.3 is 0 Å². The molecule has 0 saturated heterocycles. The molecule has 0 radical (unpaired) electrons. The predicted octanol–water partition coefficient (Wildman–Crippen LogP) is 3.47. The largest absolute Gasteiger partial charge is 0.386 e. The van der Waals surface area contributed by atoms with Gasteiger partial charge in [-0.2, -0.15) is 0 Å². The molecule has 2 aromatic carbocycles. The number of halogens is 1. The highest BCUT2D eigenvalue weighted by molar-refractivity contribution is 6.28. The Morgan fingerprint density at radius 2 is 2.00 bits per heavy atom.